The lowest BCUT2D eigenvalue weighted by molar-refractivity contribution is 0.0995. The van der Waals surface area contributed by atoms with Crippen LogP contribution in [0.4, 0.5) is 0 Å². The summed E-state index contributed by atoms with van der Waals surface area (Å²) < 4.78 is 0. The molecule has 1 amide bonds. The lowest BCUT2D eigenvalue weighted by Gasteiger charge is -2.15. The number of aryl methyl sites for hydroxylation is 1. The molecule has 1 aromatic rings. The van der Waals surface area contributed by atoms with Crippen molar-refractivity contribution in [2.24, 2.45) is 5.73 Å². The highest BCUT2D eigenvalue weighted by Crippen LogP contribution is 2.24. The normalized spacial score (nSPS) is 16.9. The van der Waals surface area contributed by atoms with E-state index in [1.165, 1.54) is 6.42 Å². The molecule has 2 rings (SSSR count). The summed E-state index contributed by atoms with van der Waals surface area (Å²) in [4.78, 5) is 15.6. The SMILES string of the molecule is CCC.CCc1cc(C2=CN(CC)NC2C)cc(C(N)=O)n1. The number of carbonyl (C=O) groups excluding carboxylic acids is 1. The second-order valence-corrected chi connectivity index (χ2v) is 5.38. The van der Waals surface area contributed by atoms with Crippen LogP contribution in [-0.2, 0) is 6.42 Å². The van der Waals surface area contributed by atoms with Gasteiger partial charge in [0.2, 0.25) is 0 Å². The van der Waals surface area contributed by atoms with Crippen LogP contribution in [0.2, 0.25) is 0 Å². The topological polar surface area (TPSA) is 71.2 Å². The molecule has 122 valence electrons. The van der Waals surface area contributed by atoms with Gasteiger partial charge in [-0.05, 0) is 43.5 Å². The Morgan fingerprint density at radius 2 is 1.95 bits per heavy atom. The van der Waals surface area contributed by atoms with Gasteiger partial charge in [0.05, 0.1) is 6.04 Å². The summed E-state index contributed by atoms with van der Waals surface area (Å²) in [5.41, 5.74) is 12.1. The minimum absolute atomic E-state index is 0.216. The molecule has 1 aliphatic heterocycles. The summed E-state index contributed by atoms with van der Waals surface area (Å²) in [5.74, 6) is -0.483. The van der Waals surface area contributed by atoms with Crippen LogP contribution in [0.1, 0.15) is 62.8 Å². The zero-order valence-corrected chi connectivity index (χ0v) is 14.3. The predicted octanol–water partition coefficient (Wildman–Crippen LogP) is 2.73. The molecule has 0 saturated carbocycles. The fourth-order valence-corrected chi connectivity index (χ4v) is 2.20. The molecule has 1 unspecified atom stereocenters. The number of amides is 1. The molecule has 0 bridgehead atoms. The average Bonchev–Trinajstić information content (AvgIpc) is 2.88. The van der Waals surface area contributed by atoms with Gasteiger partial charge < -0.3 is 10.7 Å². The number of nitrogens with one attached hydrogen (secondary N) is 1. The number of pyridine rings is 1. The van der Waals surface area contributed by atoms with Gasteiger partial charge in [-0.1, -0.05) is 27.2 Å². The van der Waals surface area contributed by atoms with Crippen molar-refractivity contribution in [3.63, 3.8) is 0 Å². The Morgan fingerprint density at radius 1 is 1.32 bits per heavy atom. The number of hydrogen-bond acceptors (Lipinski definition) is 4. The van der Waals surface area contributed by atoms with Crippen molar-refractivity contribution in [1.29, 1.82) is 0 Å². The molecule has 5 heteroatoms. The van der Waals surface area contributed by atoms with Crippen molar-refractivity contribution in [2.45, 2.75) is 53.5 Å². The molecular weight excluding hydrogens is 276 g/mol. The first-order valence-electron chi connectivity index (χ1n) is 8.02. The molecular formula is C17H28N4O. The lowest BCUT2D eigenvalue weighted by Crippen LogP contribution is -2.33. The number of hydrogen-bond donors (Lipinski definition) is 2. The largest absolute Gasteiger partial charge is 0.364 e. The van der Waals surface area contributed by atoms with Crippen LogP contribution in [0.5, 0.6) is 0 Å². The van der Waals surface area contributed by atoms with Gasteiger partial charge in [0.15, 0.2) is 0 Å². The van der Waals surface area contributed by atoms with Crippen molar-refractivity contribution >= 4 is 11.5 Å². The van der Waals surface area contributed by atoms with Crippen LogP contribution in [0.3, 0.4) is 0 Å². The van der Waals surface area contributed by atoms with Gasteiger partial charge in [0.1, 0.15) is 5.69 Å². The standard InChI is InChI=1S/C14H20N4O.C3H8/c1-4-11-6-10(7-13(16-11)14(15)19)12-8-18(5-2)17-9(12)3;1-3-2/h6-9,17H,4-5H2,1-3H3,(H2,15,19);3H2,1-2H3. The molecule has 1 aliphatic rings. The Labute approximate surface area is 133 Å². The summed E-state index contributed by atoms with van der Waals surface area (Å²) >= 11 is 0. The Bertz CT molecular complexity index is 539. The van der Waals surface area contributed by atoms with E-state index < -0.39 is 5.91 Å². The lowest BCUT2D eigenvalue weighted by atomic mass is 10.0. The van der Waals surface area contributed by atoms with E-state index in [9.17, 15) is 4.79 Å². The average molecular weight is 304 g/mol. The summed E-state index contributed by atoms with van der Waals surface area (Å²) in [6, 6.07) is 4.01. The molecule has 3 N–H and O–H groups in total. The quantitative estimate of drug-likeness (QED) is 0.897. The van der Waals surface area contributed by atoms with E-state index in [0.717, 1.165) is 29.8 Å². The minimum atomic E-state index is -0.483. The van der Waals surface area contributed by atoms with Crippen LogP contribution in [0, 0.1) is 0 Å². The van der Waals surface area contributed by atoms with Crippen LogP contribution in [-0.4, -0.2) is 28.5 Å². The number of aromatic nitrogens is 1. The van der Waals surface area contributed by atoms with E-state index in [-0.39, 0.29) is 6.04 Å². The highest BCUT2D eigenvalue weighted by Gasteiger charge is 2.21. The molecule has 0 spiro atoms. The summed E-state index contributed by atoms with van der Waals surface area (Å²) in [5, 5.41) is 2.04. The second-order valence-electron chi connectivity index (χ2n) is 5.38. The van der Waals surface area contributed by atoms with E-state index >= 15 is 0 Å². The Kier molecular flexibility index (Phi) is 7.05. The Morgan fingerprint density at radius 3 is 2.41 bits per heavy atom. The smallest absolute Gasteiger partial charge is 0.267 e. The third-order valence-electron chi connectivity index (χ3n) is 3.29. The minimum Gasteiger partial charge on any atom is -0.364 e. The van der Waals surface area contributed by atoms with Crippen molar-refractivity contribution in [3.05, 3.63) is 35.3 Å². The van der Waals surface area contributed by atoms with Gasteiger partial charge in [-0.2, -0.15) is 0 Å². The first-order valence-corrected chi connectivity index (χ1v) is 8.02. The molecule has 2 heterocycles. The molecule has 0 aliphatic carbocycles. The van der Waals surface area contributed by atoms with Gasteiger partial charge in [-0.15, -0.1) is 0 Å². The second kappa shape index (κ2) is 8.54. The fourth-order valence-electron chi connectivity index (χ4n) is 2.20. The van der Waals surface area contributed by atoms with E-state index in [1.54, 1.807) is 6.07 Å². The molecule has 1 aromatic heterocycles. The van der Waals surface area contributed by atoms with Crippen LogP contribution in [0.15, 0.2) is 18.3 Å². The number of carbonyl (C=O) groups is 1. The van der Waals surface area contributed by atoms with Crippen molar-refractivity contribution < 1.29 is 4.79 Å². The highest BCUT2D eigenvalue weighted by atomic mass is 16.1. The van der Waals surface area contributed by atoms with E-state index in [2.05, 4.69) is 44.3 Å². The molecule has 22 heavy (non-hydrogen) atoms. The van der Waals surface area contributed by atoms with Crippen molar-refractivity contribution in [2.75, 3.05) is 6.54 Å². The van der Waals surface area contributed by atoms with Gasteiger partial charge in [0.25, 0.3) is 5.91 Å². The zero-order chi connectivity index (χ0) is 16.7. The molecule has 0 radical (unpaired) electrons. The third-order valence-corrected chi connectivity index (χ3v) is 3.29. The monoisotopic (exact) mass is 304 g/mol. The van der Waals surface area contributed by atoms with Crippen LogP contribution >= 0.6 is 0 Å². The number of rotatable bonds is 4. The van der Waals surface area contributed by atoms with Crippen molar-refractivity contribution in [3.8, 4) is 0 Å². The summed E-state index contributed by atoms with van der Waals surface area (Å²) in [6.45, 7) is 11.3. The highest BCUT2D eigenvalue weighted by molar-refractivity contribution is 5.92. The van der Waals surface area contributed by atoms with Gasteiger partial charge in [0, 0.05) is 18.4 Å². The maximum absolute atomic E-state index is 11.4. The summed E-state index contributed by atoms with van der Waals surface area (Å²) in [6.07, 6.45) is 4.10. The third kappa shape index (κ3) is 4.56. The number of nitrogens with two attached hydrogens (primary N) is 1. The Hall–Kier alpha value is -1.88. The first-order chi connectivity index (χ1) is 10.5. The number of nitrogens with zero attached hydrogens (tertiary/aromatic N) is 2. The van der Waals surface area contributed by atoms with Gasteiger partial charge >= 0.3 is 0 Å². The molecule has 0 saturated heterocycles. The van der Waals surface area contributed by atoms with E-state index in [0.29, 0.717) is 5.69 Å². The molecule has 0 fully saturated rings. The van der Waals surface area contributed by atoms with Crippen molar-refractivity contribution in [1.82, 2.24) is 15.4 Å². The zero-order valence-electron chi connectivity index (χ0n) is 14.3. The molecule has 1 atom stereocenters. The van der Waals surface area contributed by atoms with E-state index in [1.807, 2.05) is 18.0 Å². The van der Waals surface area contributed by atoms with Crippen LogP contribution in [0.25, 0.3) is 5.57 Å². The van der Waals surface area contributed by atoms with Crippen LogP contribution < -0.4 is 11.2 Å². The molecule has 0 aromatic carbocycles. The maximum Gasteiger partial charge on any atom is 0.267 e. The number of primary amides is 1. The number of hydrazine groups is 1. The maximum atomic E-state index is 11.4. The van der Waals surface area contributed by atoms with Gasteiger partial charge in [-0.3, -0.25) is 4.79 Å². The fraction of sp³-hybridized carbons (Fsp3) is 0.529. The molecule has 5 nitrogen and oxygen atoms in total. The predicted molar refractivity (Wildman–Crippen MR) is 91.1 cm³/mol. The van der Waals surface area contributed by atoms with Gasteiger partial charge in [-0.25, -0.2) is 10.4 Å². The van der Waals surface area contributed by atoms with E-state index in [4.69, 9.17) is 5.73 Å². The first kappa shape index (κ1) is 18.2. The summed E-state index contributed by atoms with van der Waals surface area (Å²) in [7, 11) is 0. The Balaban J connectivity index is 0.000000745.